The van der Waals surface area contributed by atoms with Gasteiger partial charge in [0.15, 0.2) is 0 Å². The molecule has 0 aromatic heterocycles. The van der Waals surface area contributed by atoms with Gasteiger partial charge in [-0.3, -0.25) is 4.94 Å². The van der Waals surface area contributed by atoms with Crippen molar-refractivity contribution in [3.63, 3.8) is 0 Å². The van der Waals surface area contributed by atoms with E-state index >= 15 is 0 Å². The molecule has 0 aromatic carbocycles. The molecular formula is C10H17FO3. The topological polar surface area (TPSA) is 46.5 Å². The van der Waals surface area contributed by atoms with Crippen molar-refractivity contribution in [2.24, 2.45) is 11.3 Å². The van der Waals surface area contributed by atoms with E-state index in [1.165, 1.54) is 0 Å². The molecule has 14 heavy (non-hydrogen) atoms. The third kappa shape index (κ3) is 1.90. The van der Waals surface area contributed by atoms with E-state index in [0.717, 1.165) is 6.42 Å². The highest BCUT2D eigenvalue weighted by Crippen LogP contribution is 2.43. The van der Waals surface area contributed by atoms with E-state index in [4.69, 9.17) is 0 Å². The van der Waals surface area contributed by atoms with E-state index in [0.29, 0.717) is 19.3 Å². The van der Waals surface area contributed by atoms with Crippen LogP contribution in [0.15, 0.2) is 0 Å². The van der Waals surface area contributed by atoms with E-state index < -0.39 is 17.5 Å². The van der Waals surface area contributed by atoms with Crippen molar-refractivity contribution in [3.05, 3.63) is 0 Å². The first kappa shape index (κ1) is 11.4. The number of aliphatic hydroxyl groups excluding tert-OH is 1. The van der Waals surface area contributed by atoms with Crippen LogP contribution in [0.25, 0.3) is 0 Å². The average molecular weight is 204 g/mol. The zero-order valence-electron chi connectivity index (χ0n) is 8.62. The second kappa shape index (κ2) is 4.26. The maximum atomic E-state index is 12.0. The van der Waals surface area contributed by atoms with Gasteiger partial charge in [-0.1, -0.05) is 13.8 Å². The number of halogens is 1. The molecule has 1 fully saturated rings. The number of hydrogen-bond acceptors (Lipinski definition) is 3. The predicted molar refractivity (Wildman–Crippen MR) is 48.9 cm³/mol. The van der Waals surface area contributed by atoms with E-state index in [1.54, 1.807) is 0 Å². The lowest BCUT2D eigenvalue weighted by atomic mass is 9.66. The van der Waals surface area contributed by atoms with Gasteiger partial charge < -0.3 is 5.11 Å². The summed E-state index contributed by atoms with van der Waals surface area (Å²) < 4.78 is 12.0. The Hall–Kier alpha value is -0.640. The highest BCUT2D eigenvalue weighted by Gasteiger charge is 2.46. The molecule has 0 heterocycles. The standard InChI is InChI=1S/C10H17FO3/c1-7(2)10(9(13)14-11)5-3-4-8(12)6-10/h7-8,12H,3-6H2,1-2H3. The molecular weight excluding hydrogens is 187 g/mol. The van der Waals surface area contributed by atoms with Crippen LogP contribution in [0.4, 0.5) is 4.53 Å². The lowest BCUT2D eigenvalue weighted by molar-refractivity contribution is -0.204. The fourth-order valence-corrected chi connectivity index (χ4v) is 2.30. The maximum absolute atomic E-state index is 12.0. The van der Waals surface area contributed by atoms with Crippen LogP contribution in [0.3, 0.4) is 0 Å². The second-order valence-corrected chi connectivity index (χ2v) is 4.43. The highest BCUT2D eigenvalue weighted by molar-refractivity contribution is 5.76. The number of carbonyl (C=O) groups is 1. The van der Waals surface area contributed by atoms with E-state index in [9.17, 15) is 14.4 Å². The normalized spacial score (nSPS) is 33.1. The SMILES string of the molecule is CC(C)C1(C(=O)OF)CCCC(O)C1. The number of hydrogen-bond donors (Lipinski definition) is 1. The van der Waals surface area contributed by atoms with Crippen molar-refractivity contribution >= 4 is 5.97 Å². The van der Waals surface area contributed by atoms with Crippen LogP contribution in [0.5, 0.6) is 0 Å². The van der Waals surface area contributed by atoms with Crippen molar-refractivity contribution in [3.8, 4) is 0 Å². The minimum Gasteiger partial charge on any atom is -0.393 e. The van der Waals surface area contributed by atoms with Crippen molar-refractivity contribution < 1.29 is 19.4 Å². The minimum atomic E-state index is -0.828. The summed E-state index contributed by atoms with van der Waals surface area (Å²) in [6, 6.07) is 0. The Balaban J connectivity index is 2.85. The molecule has 0 radical (unpaired) electrons. The van der Waals surface area contributed by atoms with Crippen LogP contribution in [0.1, 0.15) is 39.5 Å². The molecule has 0 bridgehead atoms. The molecule has 3 nitrogen and oxygen atoms in total. The van der Waals surface area contributed by atoms with Gasteiger partial charge in [0.05, 0.1) is 11.5 Å². The molecule has 1 saturated carbocycles. The van der Waals surface area contributed by atoms with Gasteiger partial charge in [-0.25, -0.2) is 4.79 Å². The molecule has 1 aliphatic rings. The lowest BCUT2D eigenvalue weighted by Gasteiger charge is -2.38. The van der Waals surface area contributed by atoms with Gasteiger partial charge in [-0.2, -0.15) is 0 Å². The molecule has 0 aromatic rings. The van der Waals surface area contributed by atoms with E-state index in [1.807, 2.05) is 13.8 Å². The molecule has 0 amide bonds. The molecule has 2 unspecified atom stereocenters. The van der Waals surface area contributed by atoms with Crippen LogP contribution >= 0.6 is 0 Å². The van der Waals surface area contributed by atoms with Crippen molar-refractivity contribution in [1.82, 2.24) is 0 Å². The summed E-state index contributed by atoms with van der Waals surface area (Å²) in [7, 11) is 0. The molecule has 0 saturated heterocycles. The average Bonchev–Trinajstić information content (AvgIpc) is 2.16. The smallest absolute Gasteiger partial charge is 0.355 e. The molecule has 1 aliphatic carbocycles. The zero-order chi connectivity index (χ0) is 10.8. The zero-order valence-corrected chi connectivity index (χ0v) is 8.62. The first-order valence-corrected chi connectivity index (χ1v) is 5.04. The Morgan fingerprint density at radius 1 is 1.64 bits per heavy atom. The van der Waals surface area contributed by atoms with Crippen LogP contribution in [0, 0.1) is 11.3 Å². The summed E-state index contributed by atoms with van der Waals surface area (Å²) in [5, 5.41) is 9.51. The summed E-state index contributed by atoms with van der Waals surface area (Å²) in [5.41, 5.74) is -0.827. The minimum absolute atomic E-state index is 0.0132. The molecule has 0 spiro atoms. The number of aliphatic hydroxyl groups is 1. The van der Waals surface area contributed by atoms with Gasteiger partial charge in [0, 0.05) is 4.53 Å². The summed E-state index contributed by atoms with van der Waals surface area (Å²) in [6.45, 7) is 3.71. The van der Waals surface area contributed by atoms with Crippen LogP contribution < -0.4 is 0 Å². The summed E-state index contributed by atoms with van der Waals surface area (Å²) in [6.07, 6.45) is 1.84. The Morgan fingerprint density at radius 3 is 2.71 bits per heavy atom. The van der Waals surface area contributed by atoms with Crippen LogP contribution in [-0.2, 0) is 9.74 Å². The number of rotatable bonds is 2. The molecule has 1 rings (SSSR count). The first-order valence-electron chi connectivity index (χ1n) is 5.04. The maximum Gasteiger partial charge on any atom is 0.355 e. The molecule has 4 heteroatoms. The third-order valence-electron chi connectivity index (χ3n) is 3.34. The van der Waals surface area contributed by atoms with Crippen LogP contribution in [0.2, 0.25) is 0 Å². The highest BCUT2D eigenvalue weighted by atomic mass is 19.3. The largest absolute Gasteiger partial charge is 0.393 e. The van der Waals surface area contributed by atoms with Gasteiger partial charge in [-0.15, -0.1) is 0 Å². The Morgan fingerprint density at radius 2 is 2.29 bits per heavy atom. The van der Waals surface area contributed by atoms with Crippen LogP contribution in [-0.4, -0.2) is 17.2 Å². The fourth-order valence-electron chi connectivity index (χ4n) is 2.30. The molecule has 1 N–H and O–H groups in total. The Bertz CT molecular complexity index is 217. The molecule has 82 valence electrons. The van der Waals surface area contributed by atoms with Gasteiger partial charge in [0.2, 0.25) is 0 Å². The van der Waals surface area contributed by atoms with Gasteiger partial charge in [0.1, 0.15) is 0 Å². The van der Waals surface area contributed by atoms with Gasteiger partial charge in [-0.05, 0) is 31.6 Å². The molecule has 0 aliphatic heterocycles. The monoisotopic (exact) mass is 204 g/mol. The third-order valence-corrected chi connectivity index (χ3v) is 3.34. The van der Waals surface area contributed by atoms with Crippen molar-refractivity contribution in [1.29, 1.82) is 0 Å². The van der Waals surface area contributed by atoms with Crippen molar-refractivity contribution in [2.75, 3.05) is 0 Å². The number of carbonyl (C=O) groups excluding carboxylic acids is 1. The first-order chi connectivity index (χ1) is 6.53. The Kier molecular flexibility index (Phi) is 3.48. The van der Waals surface area contributed by atoms with E-state index in [2.05, 4.69) is 4.94 Å². The molecule has 2 atom stereocenters. The second-order valence-electron chi connectivity index (χ2n) is 4.43. The summed E-state index contributed by atoms with van der Waals surface area (Å²) in [4.78, 5) is 14.7. The van der Waals surface area contributed by atoms with E-state index in [-0.39, 0.29) is 5.92 Å². The van der Waals surface area contributed by atoms with Gasteiger partial charge in [0.25, 0.3) is 0 Å². The van der Waals surface area contributed by atoms with Crippen molar-refractivity contribution in [2.45, 2.75) is 45.6 Å². The van der Waals surface area contributed by atoms with Gasteiger partial charge >= 0.3 is 5.97 Å². The quantitative estimate of drug-likeness (QED) is 0.748. The summed E-state index contributed by atoms with van der Waals surface area (Å²) >= 11 is 0. The lowest BCUT2D eigenvalue weighted by Crippen LogP contribution is -2.42. The predicted octanol–water partition coefficient (Wildman–Crippen LogP) is 1.99. The Labute approximate surface area is 83.2 Å². The fraction of sp³-hybridized carbons (Fsp3) is 0.900. The summed E-state index contributed by atoms with van der Waals surface area (Å²) in [5.74, 6) is -0.841.